The minimum Gasteiger partial charge on any atom is -0.505 e. The van der Waals surface area contributed by atoms with E-state index in [0.29, 0.717) is 32.7 Å². The van der Waals surface area contributed by atoms with Crippen molar-refractivity contribution in [1.29, 1.82) is 0 Å². The van der Waals surface area contributed by atoms with Gasteiger partial charge in [0.05, 0.1) is 23.9 Å². The molecule has 0 aliphatic carbocycles. The van der Waals surface area contributed by atoms with Crippen LogP contribution in [0.1, 0.15) is 41.0 Å². The lowest BCUT2D eigenvalue weighted by molar-refractivity contribution is -0.132. The number of phenols is 1. The minimum atomic E-state index is -1.07. The number of carbonyl (C=O) groups excluding carboxylic acids is 2. The van der Waals surface area contributed by atoms with Gasteiger partial charge in [0.2, 0.25) is 5.13 Å². The van der Waals surface area contributed by atoms with Crippen LogP contribution in [0.25, 0.3) is 11.4 Å². The van der Waals surface area contributed by atoms with E-state index in [-0.39, 0.29) is 34.6 Å². The number of phenolic OH excluding ortho intramolecular Hbond substituents is 1. The van der Waals surface area contributed by atoms with Gasteiger partial charge in [0.15, 0.2) is 21.6 Å². The number of aryl methyl sites for hydroxylation is 2. The normalized spacial score (nSPS) is 16.3. The van der Waals surface area contributed by atoms with E-state index in [1.807, 2.05) is 37.3 Å². The topological polar surface area (TPSA) is 130 Å². The van der Waals surface area contributed by atoms with Gasteiger partial charge in [-0.2, -0.15) is 0 Å². The molecule has 218 valence electrons. The van der Waals surface area contributed by atoms with Crippen molar-refractivity contribution >= 4 is 51.3 Å². The van der Waals surface area contributed by atoms with Crippen LogP contribution >= 0.6 is 23.1 Å². The van der Waals surface area contributed by atoms with E-state index in [4.69, 9.17) is 4.74 Å². The first-order chi connectivity index (χ1) is 20.8. The molecule has 2 aromatic carbocycles. The molecule has 1 aliphatic heterocycles. The number of carbonyl (C=O) groups is 2. The van der Waals surface area contributed by atoms with E-state index < -0.39 is 17.7 Å². The van der Waals surface area contributed by atoms with Crippen molar-refractivity contribution in [2.45, 2.75) is 36.9 Å². The number of aromatic hydroxyl groups is 1. The summed E-state index contributed by atoms with van der Waals surface area (Å²) in [5, 5.41) is 30.9. The SMILES string of the molecule is CCOc1cc(C2C(=C(O)c3c(C)nc4ccccn34)C(=O)C(=O)N2c2nnc(SCc3ccc(C)cc3)s2)ccc1O. The molecule has 0 spiro atoms. The van der Waals surface area contributed by atoms with Gasteiger partial charge < -0.3 is 14.9 Å². The van der Waals surface area contributed by atoms with Crippen LogP contribution in [0.5, 0.6) is 11.5 Å². The lowest BCUT2D eigenvalue weighted by Gasteiger charge is -2.23. The number of ketones is 1. The van der Waals surface area contributed by atoms with Crippen molar-refractivity contribution in [1.82, 2.24) is 19.6 Å². The quantitative estimate of drug-likeness (QED) is 0.0730. The predicted molar refractivity (Wildman–Crippen MR) is 165 cm³/mol. The number of ether oxygens (including phenoxy) is 1. The lowest BCUT2D eigenvalue weighted by Crippen LogP contribution is -2.29. The molecule has 0 saturated carbocycles. The van der Waals surface area contributed by atoms with E-state index in [9.17, 15) is 19.8 Å². The third-order valence-electron chi connectivity index (χ3n) is 7.06. The molecule has 1 aliphatic rings. The van der Waals surface area contributed by atoms with Gasteiger partial charge in [-0.15, -0.1) is 10.2 Å². The molecule has 0 radical (unpaired) electrons. The number of hydrogen-bond acceptors (Lipinski definition) is 10. The van der Waals surface area contributed by atoms with E-state index in [2.05, 4.69) is 15.2 Å². The van der Waals surface area contributed by atoms with Crippen molar-refractivity contribution in [2.24, 2.45) is 0 Å². The Kier molecular flexibility index (Phi) is 7.63. The molecule has 0 bridgehead atoms. The van der Waals surface area contributed by atoms with E-state index in [1.54, 1.807) is 48.7 Å². The highest BCUT2D eigenvalue weighted by molar-refractivity contribution is 8.00. The highest BCUT2D eigenvalue weighted by atomic mass is 32.2. The van der Waals surface area contributed by atoms with Gasteiger partial charge in [0.25, 0.3) is 5.78 Å². The van der Waals surface area contributed by atoms with Gasteiger partial charge in [-0.05, 0) is 56.2 Å². The average Bonchev–Trinajstić information content (AvgIpc) is 3.67. The number of pyridine rings is 1. The molecular formula is C31H27N5O5S2. The Hall–Kier alpha value is -4.68. The zero-order chi connectivity index (χ0) is 30.2. The monoisotopic (exact) mass is 613 g/mol. The number of thioether (sulfide) groups is 1. The van der Waals surface area contributed by atoms with Crippen LogP contribution in [-0.4, -0.2) is 48.1 Å². The standard InChI is InChI=1S/C31H27N5O5S2/c1-4-41-22-15-20(12-13-21(22)37)26-24(27(38)25-18(3)32-23-7-5-6-14-35(23)25)28(39)29(40)36(26)30-33-34-31(43-30)42-16-19-10-8-17(2)9-11-19/h5-15,26,37-38H,4,16H2,1-3H3. The van der Waals surface area contributed by atoms with E-state index >= 15 is 0 Å². The third-order valence-corrected chi connectivity index (χ3v) is 9.18. The number of fused-ring (bicyclic) bond motifs is 1. The zero-order valence-electron chi connectivity index (χ0n) is 23.5. The second-order valence-electron chi connectivity index (χ2n) is 9.93. The smallest absolute Gasteiger partial charge is 0.301 e. The van der Waals surface area contributed by atoms with Crippen LogP contribution in [-0.2, 0) is 15.3 Å². The van der Waals surface area contributed by atoms with Gasteiger partial charge in [-0.25, -0.2) is 4.98 Å². The number of imidazole rings is 1. The molecule has 1 fully saturated rings. The van der Waals surface area contributed by atoms with Gasteiger partial charge in [0, 0.05) is 11.9 Å². The maximum Gasteiger partial charge on any atom is 0.301 e. The van der Waals surface area contributed by atoms with Crippen LogP contribution in [0.15, 0.2) is 76.8 Å². The fourth-order valence-corrected chi connectivity index (χ4v) is 6.85. The van der Waals surface area contributed by atoms with Crippen molar-refractivity contribution < 1.29 is 24.5 Å². The second kappa shape index (κ2) is 11.5. The molecule has 43 heavy (non-hydrogen) atoms. The number of aromatic nitrogens is 4. The number of anilines is 1. The zero-order valence-corrected chi connectivity index (χ0v) is 25.1. The van der Waals surface area contributed by atoms with Gasteiger partial charge >= 0.3 is 5.91 Å². The minimum absolute atomic E-state index is 0.0918. The highest BCUT2D eigenvalue weighted by Gasteiger charge is 2.49. The number of benzene rings is 2. The summed E-state index contributed by atoms with van der Waals surface area (Å²) in [6.45, 7) is 5.82. The summed E-state index contributed by atoms with van der Waals surface area (Å²) in [7, 11) is 0. The Morgan fingerprint density at radius 2 is 1.86 bits per heavy atom. The first kappa shape index (κ1) is 28.4. The summed E-state index contributed by atoms with van der Waals surface area (Å²) >= 11 is 2.66. The van der Waals surface area contributed by atoms with Crippen LogP contribution in [0.4, 0.5) is 5.13 Å². The Bertz CT molecular complexity index is 1900. The Morgan fingerprint density at radius 1 is 1.07 bits per heavy atom. The maximum atomic E-state index is 13.7. The number of aliphatic hydroxyl groups excluding tert-OH is 1. The van der Waals surface area contributed by atoms with Crippen molar-refractivity contribution in [3.63, 3.8) is 0 Å². The number of aliphatic hydroxyl groups is 1. The number of nitrogens with zero attached hydrogens (tertiary/aromatic N) is 5. The molecule has 3 aromatic heterocycles. The average molecular weight is 614 g/mol. The highest BCUT2D eigenvalue weighted by Crippen LogP contribution is 2.45. The Balaban J connectivity index is 1.46. The summed E-state index contributed by atoms with van der Waals surface area (Å²) in [5.41, 5.74) is 3.96. The second-order valence-corrected chi connectivity index (χ2v) is 12.1. The summed E-state index contributed by atoms with van der Waals surface area (Å²) in [6, 6.07) is 17.1. The summed E-state index contributed by atoms with van der Waals surface area (Å²) in [4.78, 5) is 33.2. The number of hydrogen-bond donors (Lipinski definition) is 2. The Labute approximate surface area is 255 Å². The maximum absolute atomic E-state index is 13.7. The molecule has 4 heterocycles. The molecule has 1 amide bonds. The molecule has 1 unspecified atom stereocenters. The van der Waals surface area contributed by atoms with Crippen LogP contribution < -0.4 is 9.64 Å². The van der Waals surface area contributed by atoms with Gasteiger partial charge in [0.1, 0.15) is 11.3 Å². The van der Waals surface area contributed by atoms with Crippen molar-refractivity contribution in [3.8, 4) is 11.5 Å². The Morgan fingerprint density at radius 3 is 2.63 bits per heavy atom. The molecule has 1 atom stereocenters. The lowest BCUT2D eigenvalue weighted by atomic mass is 9.96. The summed E-state index contributed by atoms with van der Waals surface area (Å²) in [6.07, 6.45) is 1.73. The number of amides is 1. The molecule has 10 nitrogen and oxygen atoms in total. The summed E-state index contributed by atoms with van der Waals surface area (Å²) < 4.78 is 7.89. The van der Waals surface area contributed by atoms with Gasteiger partial charge in [-0.1, -0.05) is 65.1 Å². The number of rotatable bonds is 8. The van der Waals surface area contributed by atoms with Crippen LogP contribution in [0, 0.1) is 13.8 Å². The van der Waals surface area contributed by atoms with E-state index in [1.165, 1.54) is 39.6 Å². The van der Waals surface area contributed by atoms with Crippen molar-refractivity contribution in [3.05, 3.63) is 101 Å². The molecule has 5 aromatic rings. The fourth-order valence-electron chi connectivity index (χ4n) is 5.03. The summed E-state index contributed by atoms with van der Waals surface area (Å²) in [5.74, 6) is -1.35. The largest absolute Gasteiger partial charge is 0.505 e. The first-order valence-electron chi connectivity index (χ1n) is 13.5. The molecule has 6 rings (SSSR count). The molecular weight excluding hydrogens is 587 g/mol. The van der Waals surface area contributed by atoms with Crippen LogP contribution in [0.3, 0.4) is 0 Å². The van der Waals surface area contributed by atoms with E-state index in [0.717, 1.165) is 5.56 Å². The molecule has 2 N–H and O–H groups in total. The molecule has 1 saturated heterocycles. The fraction of sp³-hybridized carbons (Fsp3) is 0.194. The van der Waals surface area contributed by atoms with Gasteiger partial charge in [-0.3, -0.25) is 18.9 Å². The first-order valence-corrected chi connectivity index (χ1v) is 15.3. The van der Waals surface area contributed by atoms with Crippen molar-refractivity contribution in [2.75, 3.05) is 11.5 Å². The number of Topliss-reactive ketones (excluding diaryl/α,β-unsaturated/α-hetero) is 1. The third kappa shape index (κ3) is 5.23. The molecule has 12 heteroatoms. The predicted octanol–water partition coefficient (Wildman–Crippen LogP) is 5.83. The van der Waals surface area contributed by atoms with Crippen LogP contribution in [0.2, 0.25) is 0 Å².